The zero-order valence-electron chi connectivity index (χ0n) is 11.3. The fourth-order valence-corrected chi connectivity index (χ4v) is 2.39. The zero-order chi connectivity index (χ0) is 13.7. The van der Waals surface area contributed by atoms with Crippen LogP contribution in [0.15, 0.2) is 30.3 Å². The SMILES string of the molecule is CNC(CCOC1CCC1)(C(=O)O)c1ccccc1. The van der Waals surface area contributed by atoms with Crippen molar-refractivity contribution in [2.45, 2.75) is 37.3 Å². The van der Waals surface area contributed by atoms with E-state index < -0.39 is 11.5 Å². The fraction of sp³-hybridized carbons (Fsp3) is 0.533. The van der Waals surface area contributed by atoms with Crippen molar-refractivity contribution < 1.29 is 14.6 Å². The van der Waals surface area contributed by atoms with Gasteiger partial charge in [-0.05, 0) is 31.9 Å². The molecule has 2 N–H and O–H groups in total. The van der Waals surface area contributed by atoms with Gasteiger partial charge in [0.05, 0.1) is 6.10 Å². The highest BCUT2D eigenvalue weighted by Crippen LogP contribution is 2.27. The molecule has 2 rings (SSSR count). The quantitative estimate of drug-likeness (QED) is 0.791. The molecule has 4 nitrogen and oxygen atoms in total. The lowest BCUT2D eigenvalue weighted by atomic mass is 9.87. The van der Waals surface area contributed by atoms with Gasteiger partial charge in [-0.3, -0.25) is 0 Å². The van der Waals surface area contributed by atoms with Crippen LogP contribution >= 0.6 is 0 Å². The molecule has 1 saturated carbocycles. The van der Waals surface area contributed by atoms with Crippen molar-refractivity contribution >= 4 is 5.97 Å². The molecular formula is C15H21NO3. The van der Waals surface area contributed by atoms with E-state index in [2.05, 4.69) is 5.32 Å². The third-order valence-corrected chi connectivity index (χ3v) is 3.94. The van der Waals surface area contributed by atoms with Crippen molar-refractivity contribution in [3.05, 3.63) is 35.9 Å². The number of likely N-dealkylation sites (N-methyl/N-ethyl adjacent to an activating group) is 1. The summed E-state index contributed by atoms with van der Waals surface area (Å²) >= 11 is 0. The van der Waals surface area contributed by atoms with Gasteiger partial charge in [0.25, 0.3) is 0 Å². The molecule has 0 radical (unpaired) electrons. The van der Waals surface area contributed by atoms with Crippen molar-refractivity contribution in [2.24, 2.45) is 0 Å². The molecule has 0 amide bonds. The van der Waals surface area contributed by atoms with E-state index in [0.29, 0.717) is 19.1 Å². The second kappa shape index (κ2) is 6.17. The van der Waals surface area contributed by atoms with Crippen LogP contribution in [0.25, 0.3) is 0 Å². The molecule has 19 heavy (non-hydrogen) atoms. The molecule has 0 bridgehead atoms. The van der Waals surface area contributed by atoms with Crippen molar-refractivity contribution in [3.63, 3.8) is 0 Å². The predicted octanol–water partition coefficient (Wildman–Crippen LogP) is 2.15. The van der Waals surface area contributed by atoms with Crippen molar-refractivity contribution in [1.82, 2.24) is 5.32 Å². The Morgan fingerprint density at radius 1 is 1.42 bits per heavy atom. The molecule has 1 atom stereocenters. The zero-order valence-corrected chi connectivity index (χ0v) is 11.3. The van der Waals surface area contributed by atoms with Crippen molar-refractivity contribution in [2.75, 3.05) is 13.7 Å². The minimum atomic E-state index is -1.06. The molecular weight excluding hydrogens is 242 g/mol. The van der Waals surface area contributed by atoms with E-state index in [4.69, 9.17) is 4.74 Å². The maximum Gasteiger partial charge on any atom is 0.328 e. The van der Waals surface area contributed by atoms with E-state index in [9.17, 15) is 9.90 Å². The summed E-state index contributed by atoms with van der Waals surface area (Å²) in [5.74, 6) is -0.863. The van der Waals surface area contributed by atoms with Gasteiger partial charge in [-0.2, -0.15) is 0 Å². The monoisotopic (exact) mass is 263 g/mol. The Kier molecular flexibility index (Phi) is 4.56. The maximum atomic E-state index is 11.7. The second-order valence-corrected chi connectivity index (χ2v) is 5.00. The number of rotatable bonds is 7. The van der Waals surface area contributed by atoms with E-state index in [1.807, 2.05) is 30.3 Å². The average Bonchev–Trinajstić information content (AvgIpc) is 2.38. The van der Waals surface area contributed by atoms with Crippen LogP contribution < -0.4 is 5.32 Å². The van der Waals surface area contributed by atoms with E-state index in [-0.39, 0.29) is 0 Å². The molecule has 0 saturated heterocycles. The lowest BCUT2D eigenvalue weighted by molar-refractivity contribution is -0.146. The molecule has 1 aromatic rings. The van der Waals surface area contributed by atoms with Gasteiger partial charge in [-0.1, -0.05) is 30.3 Å². The van der Waals surface area contributed by atoms with Gasteiger partial charge in [0.2, 0.25) is 0 Å². The van der Waals surface area contributed by atoms with Crippen LogP contribution in [-0.2, 0) is 15.1 Å². The lowest BCUT2D eigenvalue weighted by Gasteiger charge is -2.32. The highest BCUT2D eigenvalue weighted by atomic mass is 16.5. The average molecular weight is 263 g/mol. The summed E-state index contributed by atoms with van der Waals surface area (Å²) in [6, 6.07) is 9.28. The predicted molar refractivity (Wildman–Crippen MR) is 73.0 cm³/mol. The van der Waals surface area contributed by atoms with Gasteiger partial charge >= 0.3 is 5.97 Å². The van der Waals surface area contributed by atoms with Crippen LogP contribution in [0.2, 0.25) is 0 Å². The van der Waals surface area contributed by atoms with Crippen LogP contribution in [-0.4, -0.2) is 30.8 Å². The first-order valence-corrected chi connectivity index (χ1v) is 6.78. The van der Waals surface area contributed by atoms with Crippen LogP contribution in [0.1, 0.15) is 31.2 Å². The van der Waals surface area contributed by atoms with Crippen molar-refractivity contribution in [1.29, 1.82) is 0 Å². The number of ether oxygens (including phenoxy) is 1. The Morgan fingerprint density at radius 3 is 2.58 bits per heavy atom. The number of hydrogen-bond donors (Lipinski definition) is 2. The molecule has 0 aromatic heterocycles. The number of benzene rings is 1. The Labute approximate surface area is 113 Å². The van der Waals surface area contributed by atoms with Crippen LogP contribution in [0.4, 0.5) is 0 Å². The molecule has 4 heteroatoms. The third kappa shape index (κ3) is 2.96. The summed E-state index contributed by atoms with van der Waals surface area (Å²) < 4.78 is 5.70. The van der Waals surface area contributed by atoms with Gasteiger partial charge in [0.1, 0.15) is 5.54 Å². The summed E-state index contributed by atoms with van der Waals surface area (Å²) in [5, 5.41) is 12.6. The number of carbonyl (C=O) groups is 1. The molecule has 1 aromatic carbocycles. The molecule has 1 fully saturated rings. The minimum Gasteiger partial charge on any atom is -0.480 e. The molecule has 0 spiro atoms. The Morgan fingerprint density at radius 2 is 2.11 bits per heavy atom. The van der Waals surface area contributed by atoms with Crippen molar-refractivity contribution in [3.8, 4) is 0 Å². The number of nitrogens with one attached hydrogen (secondary N) is 1. The molecule has 104 valence electrons. The number of carboxylic acids is 1. The summed E-state index contributed by atoms with van der Waals surface area (Å²) in [4.78, 5) is 11.7. The Bertz CT molecular complexity index is 417. The molecule has 0 heterocycles. The van der Waals surface area contributed by atoms with Gasteiger partial charge in [-0.25, -0.2) is 4.79 Å². The van der Waals surface area contributed by atoms with E-state index >= 15 is 0 Å². The van der Waals surface area contributed by atoms with E-state index in [1.165, 1.54) is 6.42 Å². The number of hydrogen-bond acceptors (Lipinski definition) is 3. The summed E-state index contributed by atoms with van der Waals surface area (Å²) in [7, 11) is 1.68. The van der Waals surface area contributed by atoms with Crippen LogP contribution in [0.5, 0.6) is 0 Å². The first kappa shape index (κ1) is 14.0. The minimum absolute atomic E-state index is 0.333. The summed E-state index contributed by atoms with van der Waals surface area (Å²) in [6.45, 7) is 0.465. The van der Waals surface area contributed by atoms with Gasteiger partial charge < -0.3 is 15.2 Å². The molecule has 1 unspecified atom stereocenters. The molecule has 1 aliphatic carbocycles. The highest BCUT2D eigenvalue weighted by molar-refractivity contribution is 5.80. The maximum absolute atomic E-state index is 11.7. The Hall–Kier alpha value is -1.39. The van der Waals surface area contributed by atoms with Gasteiger partial charge in [0, 0.05) is 13.0 Å². The van der Waals surface area contributed by atoms with Crippen LogP contribution in [0, 0.1) is 0 Å². The lowest BCUT2D eigenvalue weighted by Crippen LogP contribution is -2.48. The second-order valence-electron chi connectivity index (χ2n) is 5.00. The number of carboxylic acid groups (broad SMARTS) is 1. The molecule has 0 aliphatic heterocycles. The highest BCUT2D eigenvalue weighted by Gasteiger charge is 2.38. The topological polar surface area (TPSA) is 58.6 Å². The Balaban J connectivity index is 2.07. The van der Waals surface area contributed by atoms with Gasteiger partial charge in [-0.15, -0.1) is 0 Å². The van der Waals surface area contributed by atoms with E-state index in [1.54, 1.807) is 7.05 Å². The first-order chi connectivity index (χ1) is 9.19. The summed E-state index contributed by atoms with van der Waals surface area (Å²) in [6.07, 6.45) is 4.19. The van der Waals surface area contributed by atoms with E-state index in [0.717, 1.165) is 18.4 Å². The first-order valence-electron chi connectivity index (χ1n) is 6.78. The fourth-order valence-electron chi connectivity index (χ4n) is 2.39. The smallest absolute Gasteiger partial charge is 0.328 e. The molecule has 1 aliphatic rings. The largest absolute Gasteiger partial charge is 0.480 e. The normalized spacial score (nSPS) is 18.6. The standard InChI is InChI=1S/C15H21NO3/c1-16-15(14(17)18,12-6-3-2-4-7-12)10-11-19-13-8-5-9-13/h2-4,6-7,13,16H,5,8-11H2,1H3,(H,17,18). The third-order valence-electron chi connectivity index (χ3n) is 3.94. The summed E-state index contributed by atoms with van der Waals surface area (Å²) in [5.41, 5.74) is -0.299. The van der Waals surface area contributed by atoms with Gasteiger partial charge in [0.15, 0.2) is 0 Å². The number of aliphatic carboxylic acids is 1. The van der Waals surface area contributed by atoms with Crippen LogP contribution in [0.3, 0.4) is 0 Å².